The Labute approximate surface area is 192 Å². The van der Waals surface area contributed by atoms with E-state index in [1.807, 2.05) is 18.2 Å². The zero-order valence-corrected chi connectivity index (χ0v) is 18.5. The van der Waals surface area contributed by atoms with Gasteiger partial charge in [-0.2, -0.15) is 0 Å². The zero-order valence-electron chi connectivity index (χ0n) is 17.7. The number of aromatic nitrogens is 1. The molecule has 0 unspecified atom stereocenters. The summed E-state index contributed by atoms with van der Waals surface area (Å²) in [7, 11) is 0. The van der Waals surface area contributed by atoms with Crippen LogP contribution in [0.25, 0.3) is 10.9 Å². The Hall–Kier alpha value is -3.28. The van der Waals surface area contributed by atoms with E-state index < -0.39 is 0 Å². The molecule has 4 aromatic rings. The number of nitrogens with one attached hydrogen (secondary N) is 3. The number of benzene rings is 3. The number of piperazine rings is 1. The average Bonchev–Trinajstić information content (AvgIpc) is 3.15. The SMILES string of the molecule is Clc1ccc2c(c1)NC(=[N+]1CCN(Cc3c[nH]c4ccccc34)CC1)c1ccccc1N2. The van der Waals surface area contributed by atoms with Crippen LogP contribution in [0.3, 0.4) is 0 Å². The lowest BCUT2D eigenvalue weighted by Crippen LogP contribution is -2.45. The van der Waals surface area contributed by atoms with Crippen LogP contribution in [0.2, 0.25) is 5.02 Å². The highest BCUT2D eigenvalue weighted by molar-refractivity contribution is 6.31. The minimum Gasteiger partial charge on any atom is -0.361 e. The number of aromatic amines is 1. The molecular weight excluding hydrogens is 418 g/mol. The Morgan fingerprint density at radius 2 is 1.66 bits per heavy atom. The number of rotatable bonds is 2. The van der Waals surface area contributed by atoms with Crippen molar-refractivity contribution in [2.45, 2.75) is 6.54 Å². The fourth-order valence-corrected chi connectivity index (χ4v) is 4.92. The Balaban J connectivity index is 1.28. The number of para-hydroxylation sites is 2. The van der Waals surface area contributed by atoms with Crippen LogP contribution >= 0.6 is 11.6 Å². The minimum absolute atomic E-state index is 0.729. The number of fused-ring (bicyclic) bond motifs is 3. The summed E-state index contributed by atoms with van der Waals surface area (Å²) < 4.78 is 2.46. The van der Waals surface area contributed by atoms with E-state index >= 15 is 0 Å². The number of anilines is 3. The zero-order chi connectivity index (χ0) is 21.5. The molecule has 0 bridgehead atoms. The summed E-state index contributed by atoms with van der Waals surface area (Å²) in [5, 5.41) is 9.31. The highest BCUT2D eigenvalue weighted by Gasteiger charge is 2.28. The molecule has 0 amide bonds. The molecule has 1 aromatic heterocycles. The molecule has 6 heteroatoms. The van der Waals surface area contributed by atoms with Crippen LogP contribution in [-0.4, -0.2) is 46.5 Å². The van der Waals surface area contributed by atoms with Crippen molar-refractivity contribution in [3.05, 3.63) is 89.1 Å². The fraction of sp³-hybridized carbons (Fsp3) is 0.192. The molecule has 2 aliphatic heterocycles. The first-order chi connectivity index (χ1) is 15.7. The van der Waals surface area contributed by atoms with Crippen molar-refractivity contribution in [1.29, 1.82) is 0 Å². The molecule has 0 atom stereocenters. The Morgan fingerprint density at radius 3 is 2.56 bits per heavy atom. The van der Waals surface area contributed by atoms with Gasteiger partial charge in [-0.25, -0.2) is 5.32 Å². The number of amidine groups is 1. The molecule has 3 aromatic carbocycles. The van der Waals surface area contributed by atoms with E-state index in [4.69, 9.17) is 11.6 Å². The molecule has 2 aliphatic rings. The molecule has 5 nitrogen and oxygen atoms in total. The maximum atomic E-state index is 6.30. The summed E-state index contributed by atoms with van der Waals surface area (Å²) >= 11 is 6.30. The van der Waals surface area contributed by atoms with E-state index in [-0.39, 0.29) is 0 Å². The number of halogens is 1. The normalized spacial score (nSPS) is 16.2. The largest absolute Gasteiger partial charge is 0.361 e. The minimum atomic E-state index is 0.729. The van der Waals surface area contributed by atoms with Crippen LogP contribution in [0, 0.1) is 0 Å². The fourth-order valence-electron chi connectivity index (χ4n) is 4.75. The lowest BCUT2D eigenvalue weighted by atomic mass is 10.1. The number of nitrogens with zero attached hydrogens (tertiary/aromatic N) is 2. The van der Waals surface area contributed by atoms with Gasteiger partial charge >= 0.3 is 0 Å². The number of H-pyrrole nitrogens is 1. The first-order valence-electron chi connectivity index (χ1n) is 11.1. The molecule has 0 spiro atoms. The van der Waals surface area contributed by atoms with Crippen LogP contribution in [0.15, 0.2) is 72.9 Å². The van der Waals surface area contributed by atoms with Gasteiger partial charge < -0.3 is 10.3 Å². The van der Waals surface area contributed by atoms with Gasteiger partial charge in [0.25, 0.3) is 5.84 Å². The molecule has 3 heterocycles. The molecule has 1 saturated heterocycles. The van der Waals surface area contributed by atoms with Crippen LogP contribution < -0.4 is 10.6 Å². The third kappa shape index (κ3) is 3.53. The van der Waals surface area contributed by atoms with Crippen LogP contribution in [-0.2, 0) is 6.54 Å². The van der Waals surface area contributed by atoms with Gasteiger partial charge in [0.15, 0.2) is 0 Å². The second-order valence-corrected chi connectivity index (χ2v) is 8.89. The molecular formula is C26H25ClN5+. The van der Waals surface area contributed by atoms with E-state index in [1.165, 1.54) is 22.0 Å². The number of hydrogen-bond donors (Lipinski definition) is 3. The third-order valence-electron chi connectivity index (χ3n) is 6.44. The summed E-state index contributed by atoms with van der Waals surface area (Å²) in [5.74, 6) is 1.14. The molecule has 160 valence electrons. The predicted molar refractivity (Wildman–Crippen MR) is 132 cm³/mol. The van der Waals surface area contributed by atoms with Gasteiger partial charge in [0.1, 0.15) is 5.69 Å². The van der Waals surface area contributed by atoms with Crippen molar-refractivity contribution in [3.8, 4) is 0 Å². The van der Waals surface area contributed by atoms with Gasteiger partial charge in [0.2, 0.25) is 0 Å². The standard InChI is InChI=1S/C26H24ClN5/c27-19-9-10-24-25(15-19)30-26(21-6-2-4-8-23(21)29-24)32-13-11-31(12-14-32)17-18-16-28-22-7-3-1-5-20(18)22/h1-10,15-16,28H,11-14,17H2,(H,29,30)/p+1. The second kappa shape index (κ2) is 8.01. The van der Waals surface area contributed by atoms with Crippen LogP contribution in [0.1, 0.15) is 11.1 Å². The molecule has 0 radical (unpaired) electrons. The van der Waals surface area contributed by atoms with Crippen molar-refractivity contribution >= 4 is 45.4 Å². The molecule has 0 aliphatic carbocycles. The second-order valence-electron chi connectivity index (χ2n) is 8.46. The van der Waals surface area contributed by atoms with Gasteiger partial charge in [0.05, 0.1) is 30.0 Å². The van der Waals surface area contributed by atoms with Gasteiger partial charge in [-0.1, -0.05) is 41.9 Å². The first kappa shape index (κ1) is 19.4. The van der Waals surface area contributed by atoms with Crippen molar-refractivity contribution in [2.75, 3.05) is 36.8 Å². The monoisotopic (exact) mass is 442 g/mol. The van der Waals surface area contributed by atoms with Crippen molar-refractivity contribution in [3.63, 3.8) is 0 Å². The van der Waals surface area contributed by atoms with Gasteiger partial charge in [-0.3, -0.25) is 9.48 Å². The Morgan fingerprint density at radius 1 is 0.844 bits per heavy atom. The molecule has 1 fully saturated rings. The van der Waals surface area contributed by atoms with Crippen molar-refractivity contribution in [2.24, 2.45) is 0 Å². The number of hydrogen-bond acceptors (Lipinski definition) is 2. The quantitative estimate of drug-likeness (QED) is 0.371. The summed E-state index contributed by atoms with van der Waals surface area (Å²) in [4.78, 5) is 5.94. The molecule has 32 heavy (non-hydrogen) atoms. The molecule has 0 saturated carbocycles. The lowest BCUT2D eigenvalue weighted by molar-refractivity contribution is -0.539. The average molecular weight is 443 g/mol. The summed E-state index contributed by atoms with van der Waals surface area (Å²) in [6, 6.07) is 23.0. The van der Waals surface area contributed by atoms with Crippen LogP contribution in [0.4, 0.5) is 17.1 Å². The van der Waals surface area contributed by atoms with Crippen LogP contribution in [0.5, 0.6) is 0 Å². The molecule has 3 N–H and O–H groups in total. The maximum absolute atomic E-state index is 6.30. The lowest BCUT2D eigenvalue weighted by Gasteiger charge is -2.28. The Bertz CT molecular complexity index is 1330. The predicted octanol–water partition coefficient (Wildman–Crippen LogP) is 5.27. The third-order valence-corrected chi connectivity index (χ3v) is 6.68. The topological polar surface area (TPSA) is 46.1 Å². The van der Waals surface area contributed by atoms with Gasteiger partial charge in [0, 0.05) is 47.8 Å². The Kier molecular flexibility index (Phi) is 4.86. The van der Waals surface area contributed by atoms with E-state index in [0.29, 0.717) is 0 Å². The van der Waals surface area contributed by atoms with Gasteiger partial charge in [-0.15, -0.1) is 0 Å². The highest BCUT2D eigenvalue weighted by Crippen LogP contribution is 2.34. The van der Waals surface area contributed by atoms with Gasteiger partial charge in [-0.05, 0) is 35.9 Å². The van der Waals surface area contributed by atoms with Crippen molar-refractivity contribution in [1.82, 2.24) is 9.88 Å². The highest BCUT2D eigenvalue weighted by atomic mass is 35.5. The van der Waals surface area contributed by atoms with E-state index in [2.05, 4.69) is 79.8 Å². The van der Waals surface area contributed by atoms with E-state index in [0.717, 1.165) is 60.6 Å². The summed E-state index contributed by atoms with van der Waals surface area (Å²) in [6.07, 6.45) is 2.15. The maximum Gasteiger partial charge on any atom is 0.284 e. The first-order valence-corrected chi connectivity index (χ1v) is 11.4. The summed E-state index contributed by atoms with van der Waals surface area (Å²) in [5.41, 5.74) is 6.91. The van der Waals surface area contributed by atoms with Crippen molar-refractivity contribution < 1.29 is 4.58 Å². The van der Waals surface area contributed by atoms with E-state index in [1.54, 1.807) is 0 Å². The summed E-state index contributed by atoms with van der Waals surface area (Å²) in [6.45, 7) is 4.94. The molecule has 6 rings (SSSR count). The smallest absolute Gasteiger partial charge is 0.284 e. The van der Waals surface area contributed by atoms with E-state index in [9.17, 15) is 0 Å².